The third-order valence-electron chi connectivity index (χ3n) is 2.73. The van der Waals surface area contributed by atoms with Gasteiger partial charge in [-0.25, -0.2) is 8.42 Å². The third-order valence-corrected chi connectivity index (χ3v) is 4.88. The molecule has 0 aliphatic heterocycles. The molecule has 0 aliphatic carbocycles. The summed E-state index contributed by atoms with van der Waals surface area (Å²) < 4.78 is 28.8. The Hall–Kier alpha value is -1.49. The summed E-state index contributed by atoms with van der Waals surface area (Å²) in [5.41, 5.74) is 0.922. The number of phenols is 1. The maximum Gasteiger partial charge on any atom is 0.175 e. The van der Waals surface area contributed by atoms with E-state index >= 15 is 0 Å². The van der Waals surface area contributed by atoms with E-state index in [2.05, 4.69) is 0 Å². The second-order valence-electron chi connectivity index (χ2n) is 4.27. The second-order valence-corrected chi connectivity index (χ2v) is 6.83. The number of phenolic OH excluding ortho intramolecular Hbond substituents is 1. The summed E-state index contributed by atoms with van der Waals surface area (Å²) in [6, 6.07) is 4.91. The lowest BCUT2D eigenvalue weighted by molar-refractivity contribution is 0.465. The number of aromatic hydroxyl groups is 1. The molecule has 1 aromatic carbocycles. The van der Waals surface area contributed by atoms with Crippen molar-refractivity contribution >= 4 is 20.8 Å². The Labute approximate surface area is 99.8 Å². The molecule has 2 rings (SSSR count). The van der Waals surface area contributed by atoms with Crippen molar-refractivity contribution in [1.82, 2.24) is 0 Å². The Morgan fingerprint density at radius 1 is 1.35 bits per heavy atom. The minimum Gasteiger partial charge on any atom is -0.504 e. The van der Waals surface area contributed by atoms with E-state index in [0.29, 0.717) is 16.5 Å². The third kappa shape index (κ3) is 2.15. The van der Waals surface area contributed by atoms with E-state index < -0.39 is 15.1 Å². The summed E-state index contributed by atoms with van der Waals surface area (Å²) in [4.78, 5) is 0. The molecule has 1 N–H and O–H groups in total. The van der Waals surface area contributed by atoms with Crippen molar-refractivity contribution < 1.29 is 17.9 Å². The standard InChI is InChI=1S/C12H14O4S/c1-8(2)17(14,15)7-9-6-16-12-10(9)4-3-5-11(12)13/h3-6,8,13H,7H2,1-2H3. The molecule has 1 heterocycles. The van der Waals surface area contributed by atoms with E-state index in [-0.39, 0.29) is 11.5 Å². The second kappa shape index (κ2) is 4.07. The van der Waals surface area contributed by atoms with Crippen molar-refractivity contribution in [3.05, 3.63) is 30.0 Å². The number of rotatable bonds is 3. The zero-order valence-electron chi connectivity index (χ0n) is 9.67. The zero-order valence-corrected chi connectivity index (χ0v) is 10.5. The van der Waals surface area contributed by atoms with Gasteiger partial charge < -0.3 is 9.52 Å². The number of furan rings is 1. The van der Waals surface area contributed by atoms with Crippen molar-refractivity contribution in [2.24, 2.45) is 0 Å². The largest absolute Gasteiger partial charge is 0.504 e. The molecule has 0 radical (unpaired) electrons. The maximum absolute atomic E-state index is 11.8. The lowest BCUT2D eigenvalue weighted by Crippen LogP contribution is -2.15. The molecule has 0 atom stereocenters. The molecular weight excluding hydrogens is 240 g/mol. The van der Waals surface area contributed by atoms with Crippen molar-refractivity contribution in [2.75, 3.05) is 0 Å². The molecule has 0 unspecified atom stereocenters. The van der Waals surface area contributed by atoms with Gasteiger partial charge in [0.05, 0.1) is 17.3 Å². The first-order valence-corrected chi connectivity index (χ1v) is 7.03. The lowest BCUT2D eigenvalue weighted by atomic mass is 10.2. The van der Waals surface area contributed by atoms with E-state index in [1.54, 1.807) is 26.0 Å². The van der Waals surface area contributed by atoms with Gasteiger partial charge >= 0.3 is 0 Å². The molecule has 0 amide bonds. The molecule has 0 saturated heterocycles. The van der Waals surface area contributed by atoms with Crippen LogP contribution in [-0.4, -0.2) is 18.8 Å². The van der Waals surface area contributed by atoms with E-state index in [0.717, 1.165) is 0 Å². The fourth-order valence-electron chi connectivity index (χ4n) is 1.59. The van der Waals surface area contributed by atoms with Crippen LogP contribution in [0.25, 0.3) is 11.0 Å². The van der Waals surface area contributed by atoms with Crippen LogP contribution in [0.15, 0.2) is 28.9 Å². The first-order valence-electron chi connectivity index (χ1n) is 5.31. The maximum atomic E-state index is 11.8. The van der Waals surface area contributed by atoms with Gasteiger partial charge in [-0.1, -0.05) is 12.1 Å². The zero-order chi connectivity index (χ0) is 12.6. The van der Waals surface area contributed by atoms with Crippen molar-refractivity contribution in [3.63, 3.8) is 0 Å². The van der Waals surface area contributed by atoms with Crippen molar-refractivity contribution in [2.45, 2.75) is 24.9 Å². The van der Waals surface area contributed by atoms with Gasteiger partial charge in [0.1, 0.15) is 0 Å². The fourth-order valence-corrected chi connectivity index (χ4v) is 2.58. The number of hydrogen-bond donors (Lipinski definition) is 1. The van der Waals surface area contributed by atoms with Gasteiger partial charge in [0.15, 0.2) is 21.2 Å². The highest BCUT2D eigenvalue weighted by atomic mass is 32.2. The van der Waals surface area contributed by atoms with Crippen LogP contribution in [0.4, 0.5) is 0 Å². The monoisotopic (exact) mass is 254 g/mol. The Bertz CT molecular complexity index is 638. The average molecular weight is 254 g/mol. The Morgan fingerprint density at radius 3 is 2.71 bits per heavy atom. The molecule has 5 heteroatoms. The number of benzene rings is 1. The SMILES string of the molecule is CC(C)S(=O)(=O)Cc1coc2c(O)cccc12. The molecule has 2 aromatic rings. The van der Waals surface area contributed by atoms with Crippen molar-refractivity contribution in [3.8, 4) is 5.75 Å². The van der Waals surface area contributed by atoms with Crippen LogP contribution in [0.2, 0.25) is 0 Å². The summed E-state index contributed by atoms with van der Waals surface area (Å²) in [6.07, 6.45) is 1.39. The normalized spacial score (nSPS) is 12.4. The first-order chi connectivity index (χ1) is 7.92. The Morgan fingerprint density at radius 2 is 2.06 bits per heavy atom. The van der Waals surface area contributed by atoms with Crippen LogP contribution >= 0.6 is 0 Å². The van der Waals surface area contributed by atoms with Crippen molar-refractivity contribution in [1.29, 1.82) is 0 Å². The van der Waals surface area contributed by atoms with Gasteiger partial charge in [-0.2, -0.15) is 0 Å². The Balaban J connectivity index is 2.48. The highest BCUT2D eigenvalue weighted by Gasteiger charge is 2.20. The molecular formula is C12H14O4S. The van der Waals surface area contributed by atoms with E-state index in [1.807, 2.05) is 0 Å². The van der Waals surface area contributed by atoms with Gasteiger partial charge in [0, 0.05) is 10.9 Å². The van der Waals surface area contributed by atoms with Gasteiger partial charge in [-0.3, -0.25) is 0 Å². The van der Waals surface area contributed by atoms with Crippen LogP contribution in [0.5, 0.6) is 5.75 Å². The predicted molar refractivity (Wildman–Crippen MR) is 65.6 cm³/mol. The van der Waals surface area contributed by atoms with Gasteiger partial charge in [0.2, 0.25) is 0 Å². The highest BCUT2D eigenvalue weighted by molar-refractivity contribution is 7.91. The van der Waals surface area contributed by atoms with E-state index in [4.69, 9.17) is 4.42 Å². The number of sulfone groups is 1. The topological polar surface area (TPSA) is 67.5 Å². The highest BCUT2D eigenvalue weighted by Crippen LogP contribution is 2.30. The minimum atomic E-state index is -3.17. The molecule has 4 nitrogen and oxygen atoms in total. The summed E-state index contributed by atoms with van der Waals surface area (Å²) in [6.45, 7) is 3.30. The molecule has 0 spiro atoms. The van der Waals surface area contributed by atoms with Gasteiger partial charge in [-0.05, 0) is 19.9 Å². The van der Waals surface area contributed by atoms with Crippen LogP contribution in [0.1, 0.15) is 19.4 Å². The number of hydrogen-bond acceptors (Lipinski definition) is 4. The average Bonchev–Trinajstić information content (AvgIpc) is 2.62. The molecule has 0 saturated carbocycles. The predicted octanol–water partition coefficient (Wildman–Crippen LogP) is 2.46. The smallest absolute Gasteiger partial charge is 0.175 e. The first kappa shape index (κ1) is 12.0. The molecule has 17 heavy (non-hydrogen) atoms. The summed E-state index contributed by atoms with van der Waals surface area (Å²) in [5, 5.41) is 9.77. The van der Waals surface area contributed by atoms with E-state index in [1.165, 1.54) is 12.3 Å². The molecule has 0 aliphatic rings. The van der Waals surface area contributed by atoms with Gasteiger partial charge in [0.25, 0.3) is 0 Å². The minimum absolute atomic E-state index is 0.0238. The summed E-state index contributed by atoms with van der Waals surface area (Å²) in [7, 11) is -3.17. The summed E-state index contributed by atoms with van der Waals surface area (Å²) in [5.74, 6) is -0.0445. The van der Waals surface area contributed by atoms with E-state index in [9.17, 15) is 13.5 Å². The number of para-hydroxylation sites is 1. The molecule has 1 aromatic heterocycles. The quantitative estimate of drug-likeness (QED) is 0.913. The summed E-state index contributed by atoms with van der Waals surface area (Å²) >= 11 is 0. The fraction of sp³-hybridized carbons (Fsp3) is 0.333. The van der Waals surface area contributed by atoms with Crippen LogP contribution in [0, 0.1) is 0 Å². The lowest BCUT2D eigenvalue weighted by Gasteiger charge is -2.05. The number of fused-ring (bicyclic) bond motifs is 1. The van der Waals surface area contributed by atoms with Gasteiger partial charge in [-0.15, -0.1) is 0 Å². The Kier molecular flexibility index (Phi) is 2.87. The molecule has 92 valence electrons. The van der Waals surface area contributed by atoms with Crippen LogP contribution in [0.3, 0.4) is 0 Å². The molecule has 0 bridgehead atoms. The molecule has 0 fully saturated rings. The van der Waals surface area contributed by atoms with Crippen LogP contribution in [-0.2, 0) is 15.6 Å². The van der Waals surface area contributed by atoms with Crippen LogP contribution < -0.4 is 0 Å².